The molecule has 1 aromatic rings. The van der Waals surface area contributed by atoms with Crippen LogP contribution in [-0.4, -0.2) is 47.0 Å². The van der Waals surface area contributed by atoms with Crippen molar-refractivity contribution in [1.29, 1.82) is 0 Å². The van der Waals surface area contributed by atoms with Gasteiger partial charge < -0.3 is 10.6 Å². The first-order valence-electron chi connectivity index (χ1n) is 7.29. The van der Waals surface area contributed by atoms with E-state index in [9.17, 15) is 0 Å². The summed E-state index contributed by atoms with van der Waals surface area (Å²) in [6.45, 7) is 8.95. The summed E-state index contributed by atoms with van der Waals surface area (Å²) in [5.74, 6) is 3.12. The molecule has 6 nitrogen and oxygen atoms in total. The molecular weight excluding hydrogens is 252 g/mol. The van der Waals surface area contributed by atoms with Crippen molar-refractivity contribution in [1.82, 2.24) is 19.9 Å². The van der Waals surface area contributed by atoms with E-state index in [0.29, 0.717) is 23.7 Å². The lowest BCUT2D eigenvalue weighted by molar-refractivity contribution is 0.0991. The standard InChI is InChI=1S/C14H26N6/c1-9-6-10(2)8-20(7-9)11(3)12-16-13(15)18-14(17-12)19(4)5/h9-11H,6-8H2,1-5H3,(H2,15,16,17,18). The van der Waals surface area contributed by atoms with Crippen molar-refractivity contribution in [2.45, 2.75) is 33.2 Å². The number of nitrogen functional groups attached to an aromatic ring is 1. The molecule has 1 saturated heterocycles. The first-order chi connectivity index (χ1) is 9.36. The molecule has 0 aromatic carbocycles. The molecule has 3 atom stereocenters. The molecule has 2 heterocycles. The molecule has 0 saturated carbocycles. The minimum atomic E-state index is 0.171. The number of piperidine rings is 1. The van der Waals surface area contributed by atoms with E-state index in [1.807, 2.05) is 19.0 Å². The molecule has 0 amide bonds. The smallest absolute Gasteiger partial charge is 0.229 e. The van der Waals surface area contributed by atoms with Crippen LogP contribution in [-0.2, 0) is 0 Å². The minimum absolute atomic E-state index is 0.171. The van der Waals surface area contributed by atoms with Gasteiger partial charge in [0.05, 0.1) is 6.04 Å². The van der Waals surface area contributed by atoms with Crippen LogP contribution in [0.15, 0.2) is 0 Å². The summed E-state index contributed by atoms with van der Waals surface area (Å²) in [5, 5.41) is 0. The predicted molar refractivity (Wildman–Crippen MR) is 81.5 cm³/mol. The molecule has 3 unspecified atom stereocenters. The second kappa shape index (κ2) is 5.91. The second-order valence-corrected chi connectivity index (χ2v) is 6.32. The normalized spacial score (nSPS) is 25.4. The highest BCUT2D eigenvalue weighted by atomic mass is 15.3. The molecule has 6 heteroatoms. The number of nitrogens with two attached hydrogens (primary N) is 1. The van der Waals surface area contributed by atoms with Gasteiger partial charge in [-0.1, -0.05) is 13.8 Å². The molecular formula is C14H26N6. The fourth-order valence-corrected chi connectivity index (χ4v) is 2.97. The van der Waals surface area contributed by atoms with Crippen LogP contribution in [0.3, 0.4) is 0 Å². The van der Waals surface area contributed by atoms with E-state index in [1.54, 1.807) is 0 Å². The molecule has 0 spiro atoms. The SMILES string of the molecule is CC1CC(C)CN(C(C)c2nc(N)nc(N(C)C)n2)C1. The van der Waals surface area contributed by atoms with Gasteiger partial charge in [0.15, 0.2) is 5.82 Å². The maximum Gasteiger partial charge on any atom is 0.229 e. The zero-order chi connectivity index (χ0) is 14.9. The van der Waals surface area contributed by atoms with E-state index in [0.717, 1.165) is 18.9 Å². The van der Waals surface area contributed by atoms with Crippen LogP contribution >= 0.6 is 0 Å². The fourth-order valence-electron chi connectivity index (χ4n) is 2.97. The monoisotopic (exact) mass is 278 g/mol. The maximum absolute atomic E-state index is 5.81. The van der Waals surface area contributed by atoms with Crippen molar-refractivity contribution in [3.8, 4) is 0 Å². The average molecular weight is 278 g/mol. The van der Waals surface area contributed by atoms with E-state index in [2.05, 4.69) is 40.6 Å². The van der Waals surface area contributed by atoms with Crippen LogP contribution in [0, 0.1) is 11.8 Å². The number of hydrogen-bond donors (Lipinski definition) is 1. The van der Waals surface area contributed by atoms with Crippen LogP contribution in [0.5, 0.6) is 0 Å². The first-order valence-corrected chi connectivity index (χ1v) is 7.29. The number of hydrogen-bond acceptors (Lipinski definition) is 6. The third kappa shape index (κ3) is 3.36. The van der Waals surface area contributed by atoms with Gasteiger partial charge in [-0.15, -0.1) is 0 Å². The van der Waals surface area contributed by atoms with Crippen LogP contribution in [0.2, 0.25) is 0 Å². The topological polar surface area (TPSA) is 71.2 Å². The summed E-state index contributed by atoms with van der Waals surface area (Å²) in [6.07, 6.45) is 1.30. The summed E-state index contributed by atoms with van der Waals surface area (Å²) in [7, 11) is 3.82. The summed E-state index contributed by atoms with van der Waals surface area (Å²) < 4.78 is 0. The number of likely N-dealkylation sites (tertiary alicyclic amines) is 1. The Labute approximate surface area is 121 Å². The molecule has 1 aliphatic heterocycles. The molecule has 112 valence electrons. The van der Waals surface area contributed by atoms with Gasteiger partial charge in [0.1, 0.15) is 0 Å². The van der Waals surface area contributed by atoms with E-state index in [1.165, 1.54) is 6.42 Å². The van der Waals surface area contributed by atoms with E-state index >= 15 is 0 Å². The highest BCUT2D eigenvalue weighted by Gasteiger charge is 2.27. The van der Waals surface area contributed by atoms with E-state index < -0.39 is 0 Å². The third-order valence-corrected chi connectivity index (χ3v) is 3.88. The van der Waals surface area contributed by atoms with Crippen LogP contribution < -0.4 is 10.6 Å². The highest BCUT2D eigenvalue weighted by Crippen LogP contribution is 2.28. The number of anilines is 2. The number of aromatic nitrogens is 3. The highest BCUT2D eigenvalue weighted by molar-refractivity contribution is 5.33. The van der Waals surface area contributed by atoms with Crippen LogP contribution in [0.4, 0.5) is 11.9 Å². The minimum Gasteiger partial charge on any atom is -0.368 e. The largest absolute Gasteiger partial charge is 0.368 e. The molecule has 1 fully saturated rings. The Kier molecular flexibility index (Phi) is 4.42. The predicted octanol–water partition coefficient (Wildman–Crippen LogP) is 1.56. The van der Waals surface area contributed by atoms with Gasteiger partial charge >= 0.3 is 0 Å². The number of rotatable bonds is 3. The van der Waals surface area contributed by atoms with Crippen molar-refractivity contribution in [2.24, 2.45) is 11.8 Å². The molecule has 0 aliphatic carbocycles. The summed E-state index contributed by atoms with van der Waals surface area (Å²) >= 11 is 0. The first kappa shape index (κ1) is 15.0. The Morgan fingerprint density at radius 1 is 1.15 bits per heavy atom. The van der Waals surface area contributed by atoms with Gasteiger partial charge in [-0.05, 0) is 25.2 Å². The lowest BCUT2D eigenvalue weighted by atomic mass is 9.91. The molecule has 1 aromatic heterocycles. The molecule has 2 rings (SSSR count). The molecule has 0 radical (unpaired) electrons. The zero-order valence-corrected chi connectivity index (χ0v) is 13.2. The van der Waals surface area contributed by atoms with Crippen molar-refractivity contribution < 1.29 is 0 Å². The molecule has 1 aliphatic rings. The Bertz CT molecular complexity index is 451. The van der Waals surface area contributed by atoms with Crippen molar-refractivity contribution in [2.75, 3.05) is 37.8 Å². The Morgan fingerprint density at radius 3 is 2.30 bits per heavy atom. The van der Waals surface area contributed by atoms with Gasteiger partial charge in [-0.2, -0.15) is 15.0 Å². The summed E-state index contributed by atoms with van der Waals surface area (Å²) in [4.78, 5) is 17.3. The molecule has 0 bridgehead atoms. The fraction of sp³-hybridized carbons (Fsp3) is 0.786. The van der Waals surface area contributed by atoms with Gasteiger partial charge in [0.25, 0.3) is 0 Å². The molecule has 2 N–H and O–H groups in total. The quantitative estimate of drug-likeness (QED) is 0.904. The van der Waals surface area contributed by atoms with Gasteiger partial charge in [0, 0.05) is 27.2 Å². The second-order valence-electron chi connectivity index (χ2n) is 6.32. The Balaban J connectivity index is 2.21. The molecule has 20 heavy (non-hydrogen) atoms. The zero-order valence-electron chi connectivity index (χ0n) is 13.2. The van der Waals surface area contributed by atoms with E-state index in [-0.39, 0.29) is 6.04 Å². The Morgan fingerprint density at radius 2 is 1.75 bits per heavy atom. The Hall–Kier alpha value is -1.43. The average Bonchev–Trinajstić information content (AvgIpc) is 2.35. The van der Waals surface area contributed by atoms with Crippen molar-refractivity contribution in [3.05, 3.63) is 5.82 Å². The lowest BCUT2D eigenvalue weighted by Crippen LogP contribution is -2.40. The summed E-state index contributed by atoms with van der Waals surface area (Å²) in [5.41, 5.74) is 5.81. The van der Waals surface area contributed by atoms with Gasteiger partial charge in [-0.3, -0.25) is 4.90 Å². The van der Waals surface area contributed by atoms with Crippen LogP contribution in [0.1, 0.15) is 39.1 Å². The van der Waals surface area contributed by atoms with Gasteiger partial charge in [0.2, 0.25) is 11.9 Å². The van der Waals surface area contributed by atoms with Gasteiger partial charge in [-0.25, -0.2) is 0 Å². The maximum atomic E-state index is 5.81. The van der Waals surface area contributed by atoms with Crippen molar-refractivity contribution in [3.63, 3.8) is 0 Å². The van der Waals surface area contributed by atoms with Crippen molar-refractivity contribution >= 4 is 11.9 Å². The third-order valence-electron chi connectivity index (χ3n) is 3.88. The number of nitrogens with zero attached hydrogens (tertiary/aromatic N) is 5. The van der Waals surface area contributed by atoms with Crippen LogP contribution in [0.25, 0.3) is 0 Å². The van der Waals surface area contributed by atoms with E-state index in [4.69, 9.17) is 5.73 Å². The lowest BCUT2D eigenvalue weighted by Gasteiger charge is -2.38. The summed E-state index contributed by atoms with van der Waals surface area (Å²) in [6, 6.07) is 0.171.